The summed E-state index contributed by atoms with van der Waals surface area (Å²) in [4.78, 5) is 0. The van der Waals surface area contributed by atoms with Gasteiger partial charge in [0, 0.05) is 6.61 Å². The summed E-state index contributed by atoms with van der Waals surface area (Å²) in [6.45, 7) is 2.66. The molecule has 0 amide bonds. The lowest BCUT2D eigenvalue weighted by molar-refractivity contribution is -0.000977. The van der Waals surface area contributed by atoms with Crippen molar-refractivity contribution in [3.05, 3.63) is 0 Å². The number of aliphatic hydroxyl groups is 1. The van der Waals surface area contributed by atoms with Crippen LogP contribution in [0.15, 0.2) is 0 Å². The van der Waals surface area contributed by atoms with E-state index in [4.69, 9.17) is 0 Å². The Labute approximate surface area is 74.4 Å². The van der Waals surface area contributed by atoms with Crippen LogP contribution in [0.4, 0.5) is 0 Å². The van der Waals surface area contributed by atoms with Gasteiger partial charge in [0.05, 0.1) is 0 Å². The average molecular weight is 169 g/mol. The molecule has 2 nitrogen and oxygen atoms in total. The second-order valence-corrected chi connectivity index (χ2v) is 4.42. The Hall–Kier alpha value is -0.0800. The van der Waals surface area contributed by atoms with Crippen LogP contribution in [0.1, 0.15) is 32.1 Å². The van der Waals surface area contributed by atoms with Gasteiger partial charge in [-0.3, -0.25) is 0 Å². The third-order valence-electron chi connectivity index (χ3n) is 3.85. The summed E-state index contributed by atoms with van der Waals surface area (Å²) in [6, 6.07) is 0. The Morgan fingerprint density at radius 2 is 2.25 bits per heavy atom. The van der Waals surface area contributed by atoms with E-state index in [9.17, 15) is 5.11 Å². The molecule has 0 radical (unpaired) electrons. The van der Waals surface area contributed by atoms with Crippen molar-refractivity contribution in [2.75, 3.05) is 19.7 Å². The van der Waals surface area contributed by atoms with Gasteiger partial charge in [-0.05, 0) is 43.7 Å². The number of hydrogen-bond acceptors (Lipinski definition) is 2. The smallest absolute Gasteiger partial charge is 0.0491 e. The van der Waals surface area contributed by atoms with Gasteiger partial charge in [-0.1, -0.05) is 12.8 Å². The van der Waals surface area contributed by atoms with Gasteiger partial charge in [-0.25, -0.2) is 0 Å². The lowest BCUT2D eigenvalue weighted by atomic mass is 9.63. The van der Waals surface area contributed by atoms with E-state index in [0.717, 1.165) is 19.0 Å². The SMILES string of the molecule is OCC12CCCCC1CNCC2. The van der Waals surface area contributed by atoms with E-state index < -0.39 is 0 Å². The predicted molar refractivity (Wildman–Crippen MR) is 49.0 cm³/mol. The molecule has 1 heterocycles. The fraction of sp³-hybridized carbons (Fsp3) is 1.00. The van der Waals surface area contributed by atoms with Crippen molar-refractivity contribution in [3.8, 4) is 0 Å². The maximum absolute atomic E-state index is 9.45. The van der Waals surface area contributed by atoms with E-state index in [0.29, 0.717) is 12.0 Å². The molecule has 1 saturated heterocycles. The maximum Gasteiger partial charge on any atom is 0.0491 e. The van der Waals surface area contributed by atoms with Crippen LogP contribution >= 0.6 is 0 Å². The van der Waals surface area contributed by atoms with E-state index in [1.165, 1.54) is 32.1 Å². The highest BCUT2D eigenvalue weighted by Crippen LogP contribution is 2.44. The monoisotopic (exact) mass is 169 g/mol. The van der Waals surface area contributed by atoms with E-state index in [2.05, 4.69) is 5.32 Å². The van der Waals surface area contributed by atoms with Gasteiger partial charge in [0.1, 0.15) is 0 Å². The number of rotatable bonds is 1. The highest BCUT2D eigenvalue weighted by molar-refractivity contribution is 4.93. The van der Waals surface area contributed by atoms with Crippen LogP contribution in [0.5, 0.6) is 0 Å². The third-order valence-corrected chi connectivity index (χ3v) is 3.85. The Morgan fingerprint density at radius 1 is 1.33 bits per heavy atom. The lowest BCUT2D eigenvalue weighted by Gasteiger charge is -2.46. The second-order valence-electron chi connectivity index (χ2n) is 4.42. The predicted octanol–water partition coefficient (Wildman–Crippen LogP) is 1.15. The molecule has 2 atom stereocenters. The first-order valence-corrected chi connectivity index (χ1v) is 5.19. The standard InChI is InChI=1S/C10H19NO/c12-8-10-4-2-1-3-9(10)7-11-6-5-10/h9,11-12H,1-8H2. The Balaban J connectivity index is 2.10. The number of nitrogens with one attached hydrogen (secondary N) is 1. The zero-order valence-electron chi connectivity index (χ0n) is 7.68. The van der Waals surface area contributed by atoms with Crippen LogP contribution in [0.25, 0.3) is 0 Å². The van der Waals surface area contributed by atoms with E-state index in [1.807, 2.05) is 0 Å². The van der Waals surface area contributed by atoms with E-state index in [1.54, 1.807) is 0 Å². The van der Waals surface area contributed by atoms with Crippen LogP contribution in [0, 0.1) is 11.3 Å². The Morgan fingerprint density at radius 3 is 3.00 bits per heavy atom. The van der Waals surface area contributed by atoms with Gasteiger partial charge in [0.25, 0.3) is 0 Å². The summed E-state index contributed by atoms with van der Waals surface area (Å²) in [5, 5.41) is 12.9. The highest BCUT2D eigenvalue weighted by atomic mass is 16.3. The molecule has 0 bridgehead atoms. The summed E-state index contributed by atoms with van der Waals surface area (Å²) in [7, 11) is 0. The summed E-state index contributed by atoms with van der Waals surface area (Å²) in [6.07, 6.45) is 6.47. The van der Waals surface area contributed by atoms with Crippen molar-refractivity contribution in [2.24, 2.45) is 11.3 Å². The summed E-state index contributed by atoms with van der Waals surface area (Å²) in [5.74, 6) is 0.755. The molecule has 2 fully saturated rings. The molecule has 1 saturated carbocycles. The molecular formula is C10H19NO. The second kappa shape index (κ2) is 3.35. The number of hydrogen-bond donors (Lipinski definition) is 2. The molecule has 2 heteroatoms. The quantitative estimate of drug-likeness (QED) is 0.617. The van der Waals surface area contributed by atoms with Gasteiger partial charge < -0.3 is 10.4 Å². The van der Waals surface area contributed by atoms with Crippen LogP contribution in [-0.4, -0.2) is 24.8 Å². The normalized spacial score (nSPS) is 42.2. The minimum absolute atomic E-state index is 0.309. The first-order valence-electron chi connectivity index (χ1n) is 5.19. The third kappa shape index (κ3) is 1.27. The Kier molecular flexibility index (Phi) is 2.37. The van der Waals surface area contributed by atoms with Crippen LogP contribution in [-0.2, 0) is 0 Å². The van der Waals surface area contributed by atoms with Crippen molar-refractivity contribution < 1.29 is 5.11 Å². The fourth-order valence-electron chi connectivity index (χ4n) is 2.93. The largest absolute Gasteiger partial charge is 0.396 e. The van der Waals surface area contributed by atoms with Gasteiger partial charge in [-0.15, -0.1) is 0 Å². The average Bonchev–Trinajstić information content (AvgIpc) is 2.18. The fourth-order valence-corrected chi connectivity index (χ4v) is 2.93. The summed E-state index contributed by atoms with van der Waals surface area (Å²) < 4.78 is 0. The lowest BCUT2D eigenvalue weighted by Crippen LogP contribution is -2.48. The molecule has 2 aliphatic rings. The number of fused-ring (bicyclic) bond motifs is 1. The van der Waals surface area contributed by atoms with E-state index >= 15 is 0 Å². The maximum atomic E-state index is 9.45. The molecule has 2 N–H and O–H groups in total. The van der Waals surface area contributed by atoms with Gasteiger partial charge in [0.2, 0.25) is 0 Å². The molecule has 12 heavy (non-hydrogen) atoms. The summed E-state index contributed by atoms with van der Waals surface area (Å²) in [5.41, 5.74) is 0.309. The molecule has 0 aromatic rings. The van der Waals surface area contributed by atoms with Gasteiger partial charge >= 0.3 is 0 Å². The first kappa shape index (κ1) is 8.52. The van der Waals surface area contributed by atoms with Crippen LogP contribution < -0.4 is 5.32 Å². The number of piperidine rings is 1. The minimum Gasteiger partial charge on any atom is -0.396 e. The van der Waals surface area contributed by atoms with Crippen molar-refractivity contribution in [2.45, 2.75) is 32.1 Å². The Bertz CT molecular complexity index is 146. The zero-order valence-corrected chi connectivity index (χ0v) is 7.68. The zero-order chi connectivity index (χ0) is 8.44. The molecular weight excluding hydrogens is 150 g/mol. The van der Waals surface area contributed by atoms with Crippen LogP contribution in [0.2, 0.25) is 0 Å². The molecule has 0 aromatic carbocycles. The topological polar surface area (TPSA) is 32.3 Å². The van der Waals surface area contributed by atoms with Crippen molar-refractivity contribution in [3.63, 3.8) is 0 Å². The first-order chi connectivity index (χ1) is 5.87. The van der Waals surface area contributed by atoms with Crippen molar-refractivity contribution in [1.82, 2.24) is 5.32 Å². The van der Waals surface area contributed by atoms with Crippen LogP contribution in [0.3, 0.4) is 0 Å². The van der Waals surface area contributed by atoms with Gasteiger partial charge in [-0.2, -0.15) is 0 Å². The molecule has 1 aliphatic heterocycles. The van der Waals surface area contributed by atoms with E-state index in [-0.39, 0.29) is 0 Å². The molecule has 2 unspecified atom stereocenters. The molecule has 1 aliphatic carbocycles. The summed E-state index contributed by atoms with van der Waals surface area (Å²) >= 11 is 0. The molecule has 2 rings (SSSR count). The highest BCUT2D eigenvalue weighted by Gasteiger charge is 2.41. The van der Waals surface area contributed by atoms with Gasteiger partial charge in [0.15, 0.2) is 0 Å². The van der Waals surface area contributed by atoms with Crippen molar-refractivity contribution in [1.29, 1.82) is 0 Å². The minimum atomic E-state index is 0.309. The molecule has 0 aromatic heterocycles. The molecule has 70 valence electrons. The van der Waals surface area contributed by atoms with Crippen molar-refractivity contribution >= 4 is 0 Å². The number of aliphatic hydroxyl groups excluding tert-OH is 1. The molecule has 0 spiro atoms.